The molecule has 144 valence electrons. The number of benzene rings is 1. The van der Waals surface area contributed by atoms with Gasteiger partial charge in [-0.2, -0.15) is 9.78 Å². The normalized spacial score (nSPS) is 19.8. The molecule has 0 amide bonds. The van der Waals surface area contributed by atoms with Crippen molar-refractivity contribution >= 4 is 23.3 Å². The van der Waals surface area contributed by atoms with Gasteiger partial charge in [0.05, 0.1) is 41.9 Å². The number of hydrogen-bond donors (Lipinski definition) is 0. The molecule has 0 saturated carbocycles. The quantitative estimate of drug-likeness (QED) is 0.746. The minimum absolute atomic E-state index is 0.0441. The number of nitrogens with zero attached hydrogens (tertiary/aromatic N) is 3. The average molecular weight is 392 g/mol. The molecule has 2 heterocycles. The molecule has 8 heteroatoms. The number of esters is 1. The zero-order chi connectivity index (χ0) is 19.6. The highest BCUT2D eigenvalue weighted by Crippen LogP contribution is 2.25. The number of hydrogen-bond acceptors (Lipinski definition) is 6. The molecule has 1 aromatic carbocycles. The van der Waals surface area contributed by atoms with Gasteiger partial charge >= 0.3 is 5.97 Å². The minimum atomic E-state index is -0.412. The Balaban J connectivity index is 1.89. The maximum atomic E-state index is 12.7. The highest BCUT2D eigenvalue weighted by molar-refractivity contribution is 6.33. The summed E-state index contributed by atoms with van der Waals surface area (Å²) in [7, 11) is 0. The van der Waals surface area contributed by atoms with Crippen LogP contribution in [-0.2, 0) is 9.47 Å². The summed E-state index contributed by atoms with van der Waals surface area (Å²) in [6.45, 7) is 7.30. The van der Waals surface area contributed by atoms with E-state index in [1.807, 2.05) is 18.7 Å². The molecule has 2 atom stereocenters. The molecule has 0 bridgehead atoms. The standard InChI is InChI=1S/C19H22ClN3O4/c1-4-26-19(25)14-5-7-15(8-6-14)23-18(24)17(20)16(9-21-23)22-10-12(2)27-13(3)11-22/h5-9,12-13H,4,10-11H2,1-3H3/t12-,13+. The molecule has 0 spiro atoms. The molecule has 0 N–H and O–H groups in total. The van der Waals surface area contributed by atoms with Crippen molar-refractivity contribution in [3.8, 4) is 5.69 Å². The number of rotatable bonds is 4. The molecule has 2 aromatic rings. The first-order chi connectivity index (χ1) is 12.9. The highest BCUT2D eigenvalue weighted by atomic mass is 35.5. The van der Waals surface area contributed by atoms with Crippen LogP contribution in [0.5, 0.6) is 0 Å². The number of carbonyl (C=O) groups excluding carboxylic acids is 1. The van der Waals surface area contributed by atoms with E-state index in [0.29, 0.717) is 36.6 Å². The lowest BCUT2D eigenvalue weighted by Gasteiger charge is -2.36. The van der Waals surface area contributed by atoms with Crippen LogP contribution in [0.25, 0.3) is 5.69 Å². The second-order valence-corrected chi connectivity index (χ2v) is 6.87. The van der Waals surface area contributed by atoms with Crippen LogP contribution in [0.4, 0.5) is 5.69 Å². The van der Waals surface area contributed by atoms with E-state index in [-0.39, 0.29) is 17.2 Å². The molecule has 3 rings (SSSR count). The third-order valence-electron chi connectivity index (χ3n) is 4.28. The number of ether oxygens (including phenoxy) is 2. The molecule has 27 heavy (non-hydrogen) atoms. The van der Waals surface area contributed by atoms with E-state index in [1.54, 1.807) is 37.4 Å². The van der Waals surface area contributed by atoms with Crippen LogP contribution in [0.15, 0.2) is 35.3 Å². The van der Waals surface area contributed by atoms with Gasteiger partial charge in [0.15, 0.2) is 0 Å². The Bertz CT molecular complexity index is 872. The largest absolute Gasteiger partial charge is 0.462 e. The van der Waals surface area contributed by atoms with Crippen LogP contribution >= 0.6 is 11.6 Å². The second kappa shape index (κ2) is 8.10. The summed E-state index contributed by atoms with van der Waals surface area (Å²) >= 11 is 6.37. The number of carbonyl (C=O) groups is 1. The summed E-state index contributed by atoms with van der Waals surface area (Å²) in [6.07, 6.45) is 1.68. The molecule has 0 aliphatic carbocycles. The summed E-state index contributed by atoms with van der Waals surface area (Å²) in [5.74, 6) is -0.409. The lowest BCUT2D eigenvalue weighted by atomic mass is 10.2. The Morgan fingerprint density at radius 1 is 1.26 bits per heavy atom. The van der Waals surface area contributed by atoms with Crippen molar-refractivity contribution in [2.24, 2.45) is 0 Å². The molecule has 0 unspecified atom stereocenters. The Morgan fingerprint density at radius 2 is 1.89 bits per heavy atom. The molecule has 0 radical (unpaired) electrons. The lowest BCUT2D eigenvalue weighted by molar-refractivity contribution is -0.00524. The molecule has 1 saturated heterocycles. The fourth-order valence-electron chi connectivity index (χ4n) is 3.16. The summed E-state index contributed by atoms with van der Waals surface area (Å²) in [4.78, 5) is 26.5. The number of halogens is 1. The van der Waals surface area contributed by atoms with Gasteiger partial charge in [-0.05, 0) is 45.0 Å². The van der Waals surface area contributed by atoms with Gasteiger partial charge < -0.3 is 14.4 Å². The van der Waals surface area contributed by atoms with Crippen molar-refractivity contribution in [2.75, 3.05) is 24.6 Å². The van der Waals surface area contributed by atoms with E-state index < -0.39 is 11.5 Å². The summed E-state index contributed by atoms with van der Waals surface area (Å²) in [6, 6.07) is 6.45. The van der Waals surface area contributed by atoms with Crippen molar-refractivity contribution in [2.45, 2.75) is 33.0 Å². The SMILES string of the molecule is CCOC(=O)c1ccc(-n2ncc(N3C[C@@H](C)O[C@@H](C)C3)c(Cl)c2=O)cc1. The smallest absolute Gasteiger partial charge is 0.338 e. The van der Waals surface area contributed by atoms with Crippen molar-refractivity contribution in [1.29, 1.82) is 0 Å². The predicted octanol–water partition coefficient (Wildman–Crippen LogP) is 2.68. The monoisotopic (exact) mass is 391 g/mol. The first-order valence-electron chi connectivity index (χ1n) is 8.86. The van der Waals surface area contributed by atoms with Gasteiger partial charge in [-0.1, -0.05) is 11.6 Å². The zero-order valence-electron chi connectivity index (χ0n) is 15.5. The molecule has 1 aromatic heterocycles. The van der Waals surface area contributed by atoms with Crippen LogP contribution in [-0.4, -0.2) is 47.7 Å². The molecule has 1 fully saturated rings. The van der Waals surface area contributed by atoms with E-state index >= 15 is 0 Å². The Hall–Kier alpha value is -2.38. The van der Waals surface area contributed by atoms with Gasteiger partial charge in [0.2, 0.25) is 0 Å². The third kappa shape index (κ3) is 4.14. The first-order valence-corrected chi connectivity index (χ1v) is 9.24. The lowest BCUT2D eigenvalue weighted by Crippen LogP contribution is -2.46. The zero-order valence-corrected chi connectivity index (χ0v) is 16.3. The van der Waals surface area contributed by atoms with Gasteiger partial charge in [-0.3, -0.25) is 4.79 Å². The summed E-state index contributed by atoms with van der Waals surface area (Å²) < 4.78 is 11.9. The van der Waals surface area contributed by atoms with E-state index in [1.165, 1.54) is 4.68 Å². The fraction of sp³-hybridized carbons (Fsp3) is 0.421. The van der Waals surface area contributed by atoms with Crippen LogP contribution < -0.4 is 10.5 Å². The second-order valence-electron chi connectivity index (χ2n) is 6.49. The van der Waals surface area contributed by atoms with Crippen LogP contribution in [0.2, 0.25) is 5.02 Å². The van der Waals surface area contributed by atoms with E-state index in [0.717, 1.165) is 0 Å². The van der Waals surface area contributed by atoms with E-state index in [9.17, 15) is 9.59 Å². The Kier molecular flexibility index (Phi) is 5.82. The van der Waals surface area contributed by atoms with Gasteiger partial charge in [-0.15, -0.1) is 0 Å². The fourth-order valence-corrected chi connectivity index (χ4v) is 3.40. The van der Waals surface area contributed by atoms with Gasteiger partial charge in [0, 0.05) is 13.1 Å². The van der Waals surface area contributed by atoms with Crippen LogP contribution in [0, 0.1) is 0 Å². The molecule has 1 aliphatic rings. The summed E-state index contributed by atoms with van der Waals surface area (Å²) in [5.41, 5.74) is 1.12. The molecular formula is C19H22ClN3O4. The van der Waals surface area contributed by atoms with E-state index in [4.69, 9.17) is 21.1 Å². The third-order valence-corrected chi connectivity index (χ3v) is 4.64. The van der Waals surface area contributed by atoms with Crippen molar-refractivity contribution in [3.63, 3.8) is 0 Å². The van der Waals surface area contributed by atoms with Crippen LogP contribution in [0.3, 0.4) is 0 Å². The van der Waals surface area contributed by atoms with Gasteiger partial charge in [0.1, 0.15) is 5.02 Å². The summed E-state index contributed by atoms with van der Waals surface area (Å²) in [5, 5.41) is 4.38. The minimum Gasteiger partial charge on any atom is -0.462 e. The van der Waals surface area contributed by atoms with Crippen LogP contribution in [0.1, 0.15) is 31.1 Å². The van der Waals surface area contributed by atoms with Crippen molar-refractivity contribution in [1.82, 2.24) is 9.78 Å². The van der Waals surface area contributed by atoms with E-state index in [2.05, 4.69) is 5.10 Å². The van der Waals surface area contributed by atoms with Gasteiger partial charge in [-0.25, -0.2) is 4.79 Å². The molecule has 1 aliphatic heterocycles. The predicted molar refractivity (Wildman–Crippen MR) is 103 cm³/mol. The average Bonchev–Trinajstić information content (AvgIpc) is 2.63. The first kappa shape index (κ1) is 19.4. The van der Waals surface area contributed by atoms with Crippen molar-refractivity contribution < 1.29 is 14.3 Å². The maximum Gasteiger partial charge on any atom is 0.338 e. The Morgan fingerprint density at radius 3 is 2.48 bits per heavy atom. The van der Waals surface area contributed by atoms with Crippen molar-refractivity contribution in [3.05, 3.63) is 51.4 Å². The number of anilines is 1. The number of aromatic nitrogens is 2. The molecule has 7 nitrogen and oxygen atoms in total. The molecular weight excluding hydrogens is 370 g/mol. The maximum absolute atomic E-state index is 12.7. The topological polar surface area (TPSA) is 73.7 Å². The highest BCUT2D eigenvalue weighted by Gasteiger charge is 2.25. The Labute approximate surface area is 162 Å². The van der Waals surface area contributed by atoms with Gasteiger partial charge in [0.25, 0.3) is 5.56 Å². The number of morpholine rings is 1.